The average Bonchev–Trinajstić information content (AvgIpc) is 2.61. The largest absolute Gasteiger partial charge is 0.497 e. The van der Waals surface area contributed by atoms with E-state index in [1.54, 1.807) is 61.7 Å². The van der Waals surface area contributed by atoms with Crippen LogP contribution in [-0.2, 0) is 15.0 Å². The van der Waals surface area contributed by atoms with E-state index in [1.807, 2.05) is 0 Å². The van der Waals surface area contributed by atoms with E-state index in [2.05, 4.69) is 5.32 Å². The summed E-state index contributed by atoms with van der Waals surface area (Å²) in [4.78, 5) is 12.4. The molecule has 0 spiro atoms. The number of amides is 1. The third kappa shape index (κ3) is 4.71. The summed E-state index contributed by atoms with van der Waals surface area (Å²) in [5.41, 5.74) is 0.974. The Bertz CT molecular complexity index is 806. The SMILES string of the molecule is COc1ccc(NC(=O)CN(c2ccccc2)S(=O)(=O)N(C)C)cc1. The molecule has 1 amide bonds. The predicted octanol–water partition coefficient (Wildman–Crippen LogP) is 1.95. The molecule has 134 valence electrons. The molecule has 0 aliphatic heterocycles. The van der Waals surface area contributed by atoms with Gasteiger partial charge in [-0.15, -0.1) is 0 Å². The van der Waals surface area contributed by atoms with Gasteiger partial charge in [0.25, 0.3) is 0 Å². The molecule has 8 heteroatoms. The maximum atomic E-state index is 12.6. The van der Waals surface area contributed by atoms with E-state index in [4.69, 9.17) is 4.74 Å². The number of methoxy groups -OCH3 is 1. The molecule has 0 fully saturated rings. The fourth-order valence-electron chi connectivity index (χ4n) is 2.10. The first-order valence-corrected chi connectivity index (χ1v) is 8.93. The van der Waals surface area contributed by atoms with Crippen molar-refractivity contribution in [3.05, 3.63) is 54.6 Å². The maximum absolute atomic E-state index is 12.6. The van der Waals surface area contributed by atoms with E-state index in [-0.39, 0.29) is 6.54 Å². The molecule has 0 bridgehead atoms. The lowest BCUT2D eigenvalue weighted by Gasteiger charge is -2.26. The number of hydrogen-bond acceptors (Lipinski definition) is 4. The minimum atomic E-state index is -3.80. The molecule has 0 atom stereocenters. The second-order valence-electron chi connectivity index (χ2n) is 5.41. The van der Waals surface area contributed by atoms with Gasteiger partial charge in [-0.3, -0.25) is 4.79 Å². The van der Waals surface area contributed by atoms with Gasteiger partial charge in [-0.2, -0.15) is 12.7 Å². The molecule has 0 saturated carbocycles. The van der Waals surface area contributed by atoms with Gasteiger partial charge in [-0.25, -0.2) is 4.31 Å². The molecular formula is C17H21N3O4S. The molecule has 0 unspecified atom stereocenters. The van der Waals surface area contributed by atoms with Crippen LogP contribution < -0.4 is 14.4 Å². The first-order valence-electron chi connectivity index (χ1n) is 7.53. The minimum Gasteiger partial charge on any atom is -0.497 e. The molecule has 0 aromatic heterocycles. The lowest BCUT2D eigenvalue weighted by molar-refractivity contribution is -0.114. The third-order valence-electron chi connectivity index (χ3n) is 3.45. The summed E-state index contributed by atoms with van der Waals surface area (Å²) in [5.74, 6) is 0.221. The topological polar surface area (TPSA) is 79.0 Å². The molecular weight excluding hydrogens is 342 g/mol. The van der Waals surface area contributed by atoms with Crippen molar-refractivity contribution in [2.45, 2.75) is 0 Å². The van der Waals surface area contributed by atoms with Crippen LogP contribution in [0.1, 0.15) is 0 Å². The number of rotatable bonds is 7. The maximum Gasteiger partial charge on any atom is 0.304 e. The van der Waals surface area contributed by atoms with E-state index < -0.39 is 16.1 Å². The zero-order chi connectivity index (χ0) is 18.4. The zero-order valence-corrected chi connectivity index (χ0v) is 15.2. The summed E-state index contributed by atoms with van der Waals surface area (Å²) in [6.45, 7) is -0.337. The van der Waals surface area contributed by atoms with Crippen molar-refractivity contribution in [1.29, 1.82) is 0 Å². The van der Waals surface area contributed by atoms with Gasteiger partial charge in [0.15, 0.2) is 0 Å². The normalized spacial score (nSPS) is 11.2. The Morgan fingerprint density at radius 3 is 2.16 bits per heavy atom. The number of benzene rings is 2. The highest BCUT2D eigenvalue weighted by molar-refractivity contribution is 7.90. The molecule has 25 heavy (non-hydrogen) atoms. The fraction of sp³-hybridized carbons (Fsp3) is 0.235. The van der Waals surface area contributed by atoms with E-state index in [0.717, 1.165) is 8.61 Å². The Labute approximate surface area is 148 Å². The number of nitrogens with one attached hydrogen (secondary N) is 1. The van der Waals surface area contributed by atoms with Gasteiger partial charge in [-0.1, -0.05) is 18.2 Å². The van der Waals surface area contributed by atoms with Gasteiger partial charge in [0.1, 0.15) is 12.3 Å². The summed E-state index contributed by atoms with van der Waals surface area (Å²) in [6, 6.07) is 15.3. The van der Waals surface area contributed by atoms with Crippen LogP contribution in [0.15, 0.2) is 54.6 Å². The Morgan fingerprint density at radius 1 is 1.04 bits per heavy atom. The summed E-state index contributed by atoms with van der Waals surface area (Å²) in [5, 5.41) is 2.69. The van der Waals surface area contributed by atoms with E-state index >= 15 is 0 Å². The molecule has 0 aliphatic rings. The van der Waals surface area contributed by atoms with Crippen molar-refractivity contribution in [3.63, 3.8) is 0 Å². The Morgan fingerprint density at radius 2 is 1.64 bits per heavy atom. The van der Waals surface area contributed by atoms with Crippen LogP contribution in [-0.4, -0.2) is 46.4 Å². The molecule has 0 radical (unpaired) electrons. The highest BCUT2D eigenvalue weighted by atomic mass is 32.2. The van der Waals surface area contributed by atoms with Crippen molar-refractivity contribution >= 4 is 27.5 Å². The van der Waals surface area contributed by atoms with Crippen molar-refractivity contribution in [2.24, 2.45) is 0 Å². The number of anilines is 2. The molecule has 2 rings (SSSR count). The van der Waals surface area contributed by atoms with Crippen LogP contribution in [0.25, 0.3) is 0 Å². The Balaban J connectivity index is 2.20. The van der Waals surface area contributed by atoms with Gasteiger partial charge < -0.3 is 10.1 Å². The highest BCUT2D eigenvalue weighted by Gasteiger charge is 2.27. The van der Waals surface area contributed by atoms with Crippen LogP contribution in [0.4, 0.5) is 11.4 Å². The molecule has 0 heterocycles. The van der Waals surface area contributed by atoms with Crippen molar-refractivity contribution in [1.82, 2.24) is 4.31 Å². The van der Waals surface area contributed by atoms with Gasteiger partial charge in [0.05, 0.1) is 12.8 Å². The fourth-order valence-corrected chi connectivity index (χ4v) is 3.17. The quantitative estimate of drug-likeness (QED) is 0.815. The number of nitrogens with zero attached hydrogens (tertiary/aromatic N) is 2. The molecule has 1 N–H and O–H groups in total. The average molecular weight is 363 g/mol. The minimum absolute atomic E-state index is 0.337. The van der Waals surface area contributed by atoms with Crippen LogP contribution in [0.3, 0.4) is 0 Å². The first kappa shape index (κ1) is 18.8. The molecule has 0 aliphatic carbocycles. The summed E-state index contributed by atoms with van der Waals surface area (Å²) in [7, 11) is 0.595. The second kappa shape index (κ2) is 8.00. The number of carbonyl (C=O) groups excluding carboxylic acids is 1. The monoisotopic (exact) mass is 363 g/mol. The lowest BCUT2D eigenvalue weighted by atomic mass is 10.3. The number of para-hydroxylation sites is 1. The molecule has 0 saturated heterocycles. The standard InChI is InChI=1S/C17H21N3O4S/c1-19(2)25(22,23)20(15-7-5-4-6-8-15)13-17(21)18-14-9-11-16(24-3)12-10-14/h4-12H,13H2,1-3H3,(H,18,21). The summed E-state index contributed by atoms with van der Waals surface area (Å²) >= 11 is 0. The number of carbonyl (C=O) groups is 1. The summed E-state index contributed by atoms with van der Waals surface area (Å²) < 4.78 is 32.3. The van der Waals surface area contributed by atoms with Crippen molar-refractivity contribution in [3.8, 4) is 5.75 Å². The van der Waals surface area contributed by atoms with Crippen LogP contribution in [0.5, 0.6) is 5.75 Å². The van der Waals surface area contributed by atoms with Gasteiger partial charge in [0, 0.05) is 19.8 Å². The van der Waals surface area contributed by atoms with Crippen molar-refractivity contribution < 1.29 is 17.9 Å². The van der Waals surface area contributed by atoms with Gasteiger partial charge in [0.2, 0.25) is 5.91 Å². The third-order valence-corrected chi connectivity index (χ3v) is 5.26. The van der Waals surface area contributed by atoms with E-state index in [1.165, 1.54) is 14.1 Å². The zero-order valence-electron chi connectivity index (χ0n) is 14.3. The van der Waals surface area contributed by atoms with Crippen molar-refractivity contribution in [2.75, 3.05) is 37.4 Å². The van der Waals surface area contributed by atoms with Gasteiger partial charge >= 0.3 is 10.2 Å². The smallest absolute Gasteiger partial charge is 0.304 e. The number of ether oxygens (including phenoxy) is 1. The first-order chi connectivity index (χ1) is 11.8. The summed E-state index contributed by atoms with van der Waals surface area (Å²) in [6.07, 6.45) is 0. The molecule has 2 aromatic carbocycles. The van der Waals surface area contributed by atoms with Crippen LogP contribution in [0.2, 0.25) is 0 Å². The molecule has 2 aromatic rings. The van der Waals surface area contributed by atoms with Crippen LogP contribution in [0, 0.1) is 0 Å². The molecule has 7 nitrogen and oxygen atoms in total. The lowest BCUT2D eigenvalue weighted by Crippen LogP contribution is -2.44. The van der Waals surface area contributed by atoms with E-state index in [9.17, 15) is 13.2 Å². The predicted molar refractivity (Wildman–Crippen MR) is 98.0 cm³/mol. The Kier molecular flexibility index (Phi) is 6.00. The highest BCUT2D eigenvalue weighted by Crippen LogP contribution is 2.19. The second-order valence-corrected chi connectivity index (χ2v) is 7.48. The van der Waals surface area contributed by atoms with Gasteiger partial charge in [-0.05, 0) is 36.4 Å². The van der Waals surface area contributed by atoms with Crippen LogP contribution >= 0.6 is 0 Å². The van der Waals surface area contributed by atoms with E-state index in [0.29, 0.717) is 17.1 Å². The number of hydrogen-bond donors (Lipinski definition) is 1. The Hall–Kier alpha value is -2.58.